The maximum Gasteiger partial charge on any atom is 0.150 e. The summed E-state index contributed by atoms with van der Waals surface area (Å²) in [6.45, 7) is 14.3. The highest BCUT2D eigenvalue weighted by atomic mass is 16.5. The fourth-order valence-electron chi connectivity index (χ4n) is 3.97. The van der Waals surface area contributed by atoms with Gasteiger partial charge < -0.3 is 4.74 Å². The molecular weight excluding hydrogens is 358 g/mol. The molecule has 0 N–H and O–H groups in total. The Balaban J connectivity index is 2.34. The molecule has 0 bridgehead atoms. The van der Waals surface area contributed by atoms with E-state index in [0.717, 1.165) is 37.0 Å². The molecule has 0 aliphatic rings. The lowest BCUT2D eigenvalue weighted by atomic mass is 9.86. The van der Waals surface area contributed by atoms with E-state index in [1.807, 2.05) is 24.3 Å². The molecule has 0 saturated carbocycles. The van der Waals surface area contributed by atoms with Gasteiger partial charge in [-0.15, -0.1) is 0 Å². The SMILES string of the molecule is C=CCOc1ccc(C=O)cc1C(CCCN(C(C)C)C(C)C)c1ccccc1. The maximum absolute atomic E-state index is 11.4. The third-order valence-corrected chi connectivity index (χ3v) is 5.34. The first-order chi connectivity index (χ1) is 14.0. The van der Waals surface area contributed by atoms with E-state index in [2.05, 4.69) is 63.4 Å². The van der Waals surface area contributed by atoms with Crippen molar-refractivity contribution >= 4 is 6.29 Å². The van der Waals surface area contributed by atoms with Crippen LogP contribution < -0.4 is 4.74 Å². The van der Waals surface area contributed by atoms with E-state index in [1.165, 1.54) is 5.56 Å². The third kappa shape index (κ3) is 6.57. The Morgan fingerprint density at radius 1 is 1.03 bits per heavy atom. The van der Waals surface area contributed by atoms with E-state index in [4.69, 9.17) is 4.74 Å². The fourth-order valence-corrected chi connectivity index (χ4v) is 3.97. The minimum Gasteiger partial charge on any atom is -0.489 e. The lowest BCUT2D eigenvalue weighted by Gasteiger charge is -2.31. The molecule has 156 valence electrons. The summed E-state index contributed by atoms with van der Waals surface area (Å²) in [4.78, 5) is 14.0. The Hall–Kier alpha value is -2.39. The first-order valence-electron chi connectivity index (χ1n) is 10.6. The topological polar surface area (TPSA) is 29.5 Å². The fraction of sp³-hybridized carbons (Fsp3) is 0.423. The number of hydrogen-bond acceptors (Lipinski definition) is 3. The van der Waals surface area contributed by atoms with Crippen LogP contribution in [-0.4, -0.2) is 36.4 Å². The molecule has 0 radical (unpaired) electrons. The van der Waals surface area contributed by atoms with Crippen molar-refractivity contribution in [1.29, 1.82) is 0 Å². The number of ether oxygens (including phenoxy) is 1. The van der Waals surface area contributed by atoms with Gasteiger partial charge >= 0.3 is 0 Å². The zero-order chi connectivity index (χ0) is 21.2. The summed E-state index contributed by atoms with van der Waals surface area (Å²) in [6.07, 6.45) is 4.72. The van der Waals surface area contributed by atoms with Crippen molar-refractivity contribution < 1.29 is 9.53 Å². The largest absolute Gasteiger partial charge is 0.489 e. The molecule has 0 saturated heterocycles. The van der Waals surface area contributed by atoms with Crippen LogP contribution in [0.4, 0.5) is 0 Å². The van der Waals surface area contributed by atoms with Crippen molar-refractivity contribution in [2.75, 3.05) is 13.2 Å². The Bertz CT molecular complexity index is 760. The average Bonchev–Trinajstić information content (AvgIpc) is 2.72. The van der Waals surface area contributed by atoms with Crippen LogP contribution in [0.1, 0.15) is 67.9 Å². The van der Waals surface area contributed by atoms with E-state index in [1.54, 1.807) is 6.08 Å². The van der Waals surface area contributed by atoms with Crippen molar-refractivity contribution in [1.82, 2.24) is 4.90 Å². The molecule has 0 fully saturated rings. The number of carbonyl (C=O) groups is 1. The molecule has 0 aliphatic heterocycles. The zero-order valence-electron chi connectivity index (χ0n) is 18.3. The number of benzene rings is 2. The number of nitrogens with zero attached hydrogens (tertiary/aromatic N) is 1. The Morgan fingerprint density at radius 2 is 1.72 bits per heavy atom. The second-order valence-electron chi connectivity index (χ2n) is 8.05. The van der Waals surface area contributed by atoms with Crippen LogP contribution in [0.25, 0.3) is 0 Å². The molecule has 3 heteroatoms. The lowest BCUT2D eigenvalue weighted by molar-refractivity contribution is 0.112. The van der Waals surface area contributed by atoms with Gasteiger partial charge in [-0.2, -0.15) is 0 Å². The lowest BCUT2D eigenvalue weighted by Crippen LogP contribution is -2.37. The zero-order valence-corrected chi connectivity index (χ0v) is 18.3. The first kappa shape index (κ1) is 22.9. The highest BCUT2D eigenvalue weighted by molar-refractivity contribution is 5.76. The Morgan fingerprint density at radius 3 is 2.31 bits per heavy atom. The monoisotopic (exact) mass is 393 g/mol. The summed E-state index contributed by atoms with van der Waals surface area (Å²) < 4.78 is 5.95. The Labute approximate surface area is 176 Å². The number of hydrogen-bond donors (Lipinski definition) is 0. The molecule has 29 heavy (non-hydrogen) atoms. The molecule has 1 atom stereocenters. The second-order valence-corrected chi connectivity index (χ2v) is 8.05. The van der Waals surface area contributed by atoms with Crippen LogP contribution in [-0.2, 0) is 0 Å². The predicted octanol–water partition coefficient (Wildman–Crippen LogP) is 6.09. The van der Waals surface area contributed by atoms with E-state index in [0.29, 0.717) is 24.3 Å². The van der Waals surface area contributed by atoms with Crippen LogP contribution in [0.15, 0.2) is 61.2 Å². The van der Waals surface area contributed by atoms with E-state index in [-0.39, 0.29) is 5.92 Å². The van der Waals surface area contributed by atoms with Gasteiger partial charge in [-0.05, 0) is 70.8 Å². The standard InChI is InChI=1S/C26H35NO2/c1-6-17-29-26-15-14-22(19-28)18-25(26)24(23-11-8-7-9-12-23)13-10-16-27(20(2)3)21(4)5/h6-9,11-12,14-15,18-21,24H,1,10,13,16-17H2,2-5H3. The van der Waals surface area contributed by atoms with Crippen molar-refractivity contribution in [3.05, 3.63) is 77.9 Å². The van der Waals surface area contributed by atoms with Crippen molar-refractivity contribution in [2.45, 2.75) is 58.5 Å². The number of carbonyl (C=O) groups excluding carboxylic acids is 1. The summed E-state index contributed by atoms with van der Waals surface area (Å²) in [5.41, 5.74) is 3.00. The smallest absolute Gasteiger partial charge is 0.150 e. The third-order valence-electron chi connectivity index (χ3n) is 5.34. The molecule has 2 aromatic rings. The predicted molar refractivity (Wildman–Crippen MR) is 122 cm³/mol. The molecule has 2 aromatic carbocycles. The molecule has 0 amide bonds. The molecule has 2 rings (SSSR count). The molecule has 0 aliphatic carbocycles. The van der Waals surface area contributed by atoms with Crippen molar-refractivity contribution in [3.8, 4) is 5.75 Å². The van der Waals surface area contributed by atoms with Gasteiger partial charge in [0.1, 0.15) is 18.6 Å². The van der Waals surface area contributed by atoms with Crippen molar-refractivity contribution in [2.24, 2.45) is 0 Å². The molecule has 0 spiro atoms. The molecule has 0 aromatic heterocycles. The molecule has 0 heterocycles. The summed E-state index contributed by atoms with van der Waals surface area (Å²) in [5.74, 6) is 1.01. The minimum atomic E-state index is 0.178. The average molecular weight is 394 g/mol. The van der Waals surface area contributed by atoms with Gasteiger partial charge in [0.15, 0.2) is 0 Å². The van der Waals surface area contributed by atoms with Gasteiger partial charge in [0, 0.05) is 29.1 Å². The van der Waals surface area contributed by atoms with Gasteiger partial charge in [-0.25, -0.2) is 0 Å². The van der Waals surface area contributed by atoms with Crippen LogP contribution in [0, 0.1) is 0 Å². The summed E-state index contributed by atoms with van der Waals surface area (Å²) in [7, 11) is 0. The molecule has 1 unspecified atom stereocenters. The van der Waals surface area contributed by atoms with Gasteiger partial charge in [0.2, 0.25) is 0 Å². The van der Waals surface area contributed by atoms with E-state index in [9.17, 15) is 4.79 Å². The maximum atomic E-state index is 11.4. The number of aldehydes is 1. The number of rotatable bonds is 12. The van der Waals surface area contributed by atoms with Crippen LogP contribution in [0.3, 0.4) is 0 Å². The second kappa shape index (κ2) is 11.6. The summed E-state index contributed by atoms with van der Waals surface area (Å²) >= 11 is 0. The highest BCUT2D eigenvalue weighted by Crippen LogP contribution is 2.36. The summed E-state index contributed by atoms with van der Waals surface area (Å²) in [5, 5.41) is 0. The molecule has 3 nitrogen and oxygen atoms in total. The normalized spacial score (nSPS) is 12.4. The minimum absolute atomic E-state index is 0.178. The van der Waals surface area contributed by atoms with Crippen LogP contribution >= 0.6 is 0 Å². The Kier molecular flexibility index (Phi) is 9.14. The van der Waals surface area contributed by atoms with Crippen LogP contribution in [0.2, 0.25) is 0 Å². The van der Waals surface area contributed by atoms with Gasteiger partial charge in [0.05, 0.1) is 0 Å². The van der Waals surface area contributed by atoms with Gasteiger partial charge in [-0.1, -0.05) is 43.0 Å². The van der Waals surface area contributed by atoms with Gasteiger partial charge in [-0.3, -0.25) is 9.69 Å². The van der Waals surface area contributed by atoms with E-state index < -0.39 is 0 Å². The first-order valence-corrected chi connectivity index (χ1v) is 10.6. The summed E-state index contributed by atoms with van der Waals surface area (Å²) in [6, 6.07) is 17.3. The molecular formula is C26H35NO2. The van der Waals surface area contributed by atoms with E-state index >= 15 is 0 Å². The van der Waals surface area contributed by atoms with Gasteiger partial charge in [0.25, 0.3) is 0 Å². The highest BCUT2D eigenvalue weighted by Gasteiger charge is 2.21. The van der Waals surface area contributed by atoms with Crippen LogP contribution in [0.5, 0.6) is 5.75 Å². The quantitative estimate of drug-likeness (QED) is 0.322. The van der Waals surface area contributed by atoms with Crippen molar-refractivity contribution in [3.63, 3.8) is 0 Å².